The molecule has 0 unspecified atom stereocenters. The number of methoxy groups -OCH3 is 1. The van der Waals surface area contributed by atoms with E-state index >= 15 is 0 Å². The van der Waals surface area contributed by atoms with E-state index in [2.05, 4.69) is 19.9 Å². The van der Waals surface area contributed by atoms with Crippen LogP contribution in [0.1, 0.15) is 11.4 Å². The molecule has 0 radical (unpaired) electrons. The van der Waals surface area contributed by atoms with Gasteiger partial charge in [-0.1, -0.05) is 11.6 Å². The zero-order chi connectivity index (χ0) is 23.6. The normalized spacial score (nSPS) is 11.3. The number of ether oxygens (including phenoxy) is 2. The zero-order valence-electron chi connectivity index (χ0n) is 18.0. The summed E-state index contributed by atoms with van der Waals surface area (Å²) < 4.78 is 40.4. The van der Waals surface area contributed by atoms with Crippen molar-refractivity contribution in [1.82, 2.24) is 19.7 Å². The summed E-state index contributed by atoms with van der Waals surface area (Å²) in [6.07, 6.45) is 1.69. The third-order valence-corrected chi connectivity index (χ3v) is 6.56. The van der Waals surface area contributed by atoms with Crippen molar-refractivity contribution in [3.05, 3.63) is 77.3 Å². The van der Waals surface area contributed by atoms with Gasteiger partial charge in [-0.05, 0) is 62.4 Å². The third kappa shape index (κ3) is 4.91. The fourth-order valence-electron chi connectivity index (χ4n) is 2.97. The predicted octanol–water partition coefficient (Wildman–Crippen LogP) is 4.53. The molecule has 0 aliphatic heterocycles. The minimum atomic E-state index is -3.83. The average molecular weight is 486 g/mol. The monoisotopic (exact) mass is 485 g/mol. The molecule has 0 atom stereocenters. The number of aromatic nitrogens is 4. The van der Waals surface area contributed by atoms with Crippen LogP contribution < -0.4 is 14.2 Å². The van der Waals surface area contributed by atoms with Gasteiger partial charge in [0.2, 0.25) is 5.88 Å². The largest absolute Gasteiger partial charge is 0.495 e. The van der Waals surface area contributed by atoms with Crippen LogP contribution in [0.15, 0.2) is 65.8 Å². The number of imidazole rings is 1. The summed E-state index contributed by atoms with van der Waals surface area (Å²) in [6.45, 7) is 3.88. The van der Waals surface area contributed by atoms with Crippen LogP contribution >= 0.6 is 11.6 Å². The molecule has 33 heavy (non-hydrogen) atoms. The van der Waals surface area contributed by atoms with Gasteiger partial charge in [-0.25, -0.2) is 13.4 Å². The summed E-state index contributed by atoms with van der Waals surface area (Å²) in [6, 6.07) is 14.1. The number of halogens is 1. The first-order chi connectivity index (χ1) is 15.8. The molecule has 2 aromatic heterocycles. The van der Waals surface area contributed by atoms with Crippen molar-refractivity contribution < 1.29 is 17.9 Å². The number of aryl methyl sites for hydroxylation is 1. The van der Waals surface area contributed by atoms with E-state index in [1.807, 2.05) is 18.4 Å². The van der Waals surface area contributed by atoms with E-state index in [1.54, 1.807) is 42.7 Å². The summed E-state index contributed by atoms with van der Waals surface area (Å²) in [4.78, 5) is 4.27. The van der Waals surface area contributed by atoms with Crippen molar-refractivity contribution >= 4 is 27.3 Å². The van der Waals surface area contributed by atoms with E-state index < -0.39 is 10.0 Å². The van der Waals surface area contributed by atoms with Crippen LogP contribution in [0.5, 0.6) is 17.4 Å². The Bertz CT molecular complexity index is 1390. The Morgan fingerprint density at radius 3 is 2.33 bits per heavy atom. The number of nitrogens with one attached hydrogen (secondary N) is 1. The molecule has 0 amide bonds. The average Bonchev–Trinajstić information content (AvgIpc) is 3.13. The number of rotatable bonds is 7. The standard InChI is InChI=1S/C22H20ClN5O4S/c1-14-15(2)28(13-24-14)21-10-11-22(26-25-21)32-17-6-4-16(5-7-17)27-33(29,30)18-8-9-20(31-3)19(23)12-18/h4-13,27H,1-3H3. The minimum absolute atomic E-state index is 0.0207. The second-order valence-electron chi connectivity index (χ2n) is 7.04. The number of sulfonamides is 1. The van der Waals surface area contributed by atoms with E-state index in [4.69, 9.17) is 21.1 Å². The Morgan fingerprint density at radius 2 is 1.76 bits per heavy atom. The molecule has 11 heteroatoms. The van der Waals surface area contributed by atoms with Crippen LogP contribution in [-0.4, -0.2) is 35.3 Å². The maximum absolute atomic E-state index is 12.6. The second kappa shape index (κ2) is 9.08. The number of anilines is 1. The summed E-state index contributed by atoms with van der Waals surface area (Å²) in [5.74, 6) is 1.80. The molecule has 0 bridgehead atoms. The lowest BCUT2D eigenvalue weighted by molar-refractivity contribution is 0.414. The van der Waals surface area contributed by atoms with Gasteiger partial charge < -0.3 is 9.47 Å². The van der Waals surface area contributed by atoms with E-state index in [1.165, 1.54) is 25.3 Å². The first-order valence-electron chi connectivity index (χ1n) is 9.76. The van der Waals surface area contributed by atoms with Gasteiger partial charge in [0, 0.05) is 17.4 Å². The Balaban J connectivity index is 1.44. The quantitative estimate of drug-likeness (QED) is 0.409. The molecule has 1 N–H and O–H groups in total. The second-order valence-corrected chi connectivity index (χ2v) is 9.13. The lowest BCUT2D eigenvalue weighted by Gasteiger charge is -2.11. The van der Waals surface area contributed by atoms with Gasteiger partial charge in [-0.15, -0.1) is 10.2 Å². The van der Waals surface area contributed by atoms with E-state index in [-0.39, 0.29) is 9.92 Å². The van der Waals surface area contributed by atoms with Crippen LogP contribution in [0.4, 0.5) is 5.69 Å². The maximum Gasteiger partial charge on any atom is 0.261 e. The highest BCUT2D eigenvalue weighted by Gasteiger charge is 2.16. The van der Waals surface area contributed by atoms with Crippen LogP contribution in [0, 0.1) is 13.8 Å². The third-order valence-electron chi connectivity index (χ3n) is 4.89. The Labute approximate surface area is 196 Å². The van der Waals surface area contributed by atoms with Crippen molar-refractivity contribution in [3.8, 4) is 23.2 Å². The Kier molecular flexibility index (Phi) is 6.21. The molecule has 0 saturated carbocycles. The van der Waals surface area contributed by atoms with Crippen LogP contribution in [0.2, 0.25) is 5.02 Å². The van der Waals surface area contributed by atoms with Gasteiger partial charge in [0.25, 0.3) is 10.0 Å². The number of hydrogen-bond donors (Lipinski definition) is 1. The highest BCUT2D eigenvalue weighted by atomic mass is 35.5. The Morgan fingerprint density at radius 1 is 1.00 bits per heavy atom. The highest BCUT2D eigenvalue weighted by molar-refractivity contribution is 7.92. The van der Waals surface area contributed by atoms with Crippen LogP contribution in [0.3, 0.4) is 0 Å². The van der Waals surface area contributed by atoms with Crippen molar-refractivity contribution in [2.45, 2.75) is 18.7 Å². The molecular formula is C22H20ClN5O4S. The van der Waals surface area contributed by atoms with E-state index in [9.17, 15) is 8.42 Å². The summed E-state index contributed by atoms with van der Waals surface area (Å²) in [5.41, 5.74) is 2.26. The molecule has 0 aliphatic rings. The number of hydrogen-bond acceptors (Lipinski definition) is 7. The SMILES string of the molecule is COc1ccc(S(=O)(=O)Nc2ccc(Oc3ccc(-n4cnc(C)c4C)nn3)cc2)cc1Cl. The molecule has 2 aromatic carbocycles. The first-order valence-corrected chi connectivity index (χ1v) is 11.6. The molecule has 0 fully saturated rings. The molecule has 170 valence electrons. The predicted molar refractivity (Wildman–Crippen MR) is 124 cm³/mol. The molecule has 0 aliphatic carbocycles. The van der Waals surface area contributed by atoms with Crippen molar-refractivity contribution in [3.63, 3.8) is 0 Å². The van der Waals surface area contributed by atoms with E-state index in [0.29, 0.717) is 28.9 Å². The molecule has 0 saturated heterocycles. The summed E-state index contributed by atoms with van der Waals surface area (Å²) in [5, 5.41) is 8.47. The molecule has 4 rings (SSSR count). The van der Waals surface area contributed by atoms with Gasteiger partial charge >= 0.3 is 0 Å². The van der Waals surface area contributed by atoms with Gasteiger partial charge in [-0.3, -0.25) is 9.29 Å². The van der Waals surface area contributed by atoms with Crippen LogP contribution in [0.25, 0.3) is 5.82 Å². The topological polar surface area (TPSA) is 108 Å². The van der Waals surface area contributed by atoms with Gasteiger partial charge in [-0.2, -0.15) is 0 Å². The van der Waals surface area contributed by atoms with Crippen LogP contribution in [-0.2, 0) is 10.0 Å². The van der Waals surface area contributed by atoms with E-state index in [0.717, 1.165) is 11.4 Å². The van der Waals surface area contributed by atoms with Gasteiger partial charge in [0.05, 0.1) is 22.7 Å². The molecule has 2 heterocycles. The fraction of sp³-hybridized carbons (Fsp3) is 0.136. The molecule has 9 nitrogen and oxygen atoms in total. The highest BCUT2D eigenvalue weighted by Crippen LogP contribution is 2.28. The Hall–Kier alpha value is -3.63. The lowest BCUT2D eigenvalue weighted by atomic mass is 10.3. The zero-order valence-corrected chi connectivity index (χ0v) is 19.6. The molecule has 0 spiro atoms. The van der Waals surface area contributed by atoms with Crippen molar-refractivity contribution in [2.24, 2.45) is 0 Å². The summed E-state index contributed by atoms with van der Waals surface area (Å²) in [7, 11) is -2.37. The van der Waals surface area contributed by atoms with Crippen molar-refractivity contribution in [2.75, 3.05) is 11.8 Å². The number of nitrogens with zero attached hydrogens (tertiary/aromatic N) is 4. The number of benzene rings is 2. The van der Waals surface area contributed by atoms with Gasteiger partial charge in [0.1, 0.15) is 17.8 Å². The first kappa shape index (κ1) is 22.6. The molecule has 4 aromatic rings. The maximum atomic E-state index is 12.6. The smallest absolute Gasteiger partial charge is 0.261 e. The van der Waals surface area contributed by atoms with Crippen molar-refractivity contribution in [1.29, 1.82) is 0 Å². The fourth-order valence-corrected chi connectivity index (χ4v) is 4.37. The minimum Gasteiger partial charge on any atom is -0.495 e. The summed E-state index contributed by atoms with van der Waals surface area (Å²) >= 11 is 6.04. The molecular weight excluding hydrogens is 466 g/mol. The van der Waals surface area contributed by atoms with Gasteiger partial charge in [0.15, 0.2) is 5.82 Å². The lowest BCUT2D eigenvalue weighted by Crippen LogP contribution is -2.12.